The van der Waals surface area contributed by atoms with E-state index in [9.17, 15) is 9.59 Å². The molecule has 0 aliphatic carbocycles. The minimum atomic E-state index is -0.525. The fourth-order valence-corrected chi connectivity index (χ4v) is 7.91. The highest BCUT2D eigenvalue weighted by Crippen LogP contribution is 2.40. The molecule has 1 saturated heterocycles. The number of rotatable bonds is 6. The molecule has 0 N–H and O–H groups in total. The lowest BCUT2D eigenvalue weighted by Gasteiger charge is -2.40. The Labute approximate surface area is 262 Å². The molecule has 0 saturated carbocycles. The van der Waals surface area contributed by atoms with E-state index in [0.29, 0.717) is 43.4 Å². The Bertz CT molecular complexity index is 1540. The molecule has 0 spiro atoms. The maximum Gasteiger partial charge on any atom is 0.228 e. The van der Waals surface area contributed by atoms with E-state index in [1.54, 1.807) is 11.3 Å². The average molecular weight is 627 g/mol. The second-order valence-corrected chi connectivity index (χ2v) is 15.5. The standard InChI is InChI=1S/C31H39ClN6O2S2/c1-18-19(2)42-28-25(18)26(21-8-10-22(32)11-9-21)33-23(27-35-34-20(3)38(27)28)16-24(39)36-12-14-37(15-13-36)29(40)30(4,5)17-31(6,7)41/h8-11,23,41H,12-17H2,1-7H3/t23-/m0/s1. The summed E-state index contributed by atoms with van der Waals surface area (Å²) in [5, 5.41) is 10.6. The van der Waals surface area contributed by atoms with E-state index in [1.807, 2.05) is 68.7 Å². The molecule has 0 bridgehead atoms. The van der Waals surface area contributed by atoms with Crippen LogP contribution in [0.15, 0.2) is 29.3 Å². The highest BCUT2D eigenvalue weighted by Gasteiger charge is 2.38. The zero-order chi connectivity index (χ0) is 30.6. The third-order valence-corrected chi connectivity index (χ3v) is 9.70. The molecule has 0 unspecified atom stereocenters. The molecule has 1 aromatic carbocycles. The molecule has 224 valence electrons. The SMILES string of the molecule is Cc1sc2c(c1C)C(c1ccc(Cl)cc1)=N[C@@H](CC(=O)N1CCN(C(=O)C(C)(C)CC(C)(C)S)CC1)c1nnc(C)n1-2. The number of hydrogen-bond acceptors (Lipinski definition) is 7. The lowest BCUT2D eigenvalue weighted by atomic mass is 9.82. The van der Waals surface area contributed by atoms with Crippen LogP contribution in [0.4, 0.5) is 0 Å². The van der Waals surface area contributed by atoms with E-state index in [2.05, 4.69) is 41.2 Å². The zero-order valence-electron chi connectivity index (χ0n) is 25.4. The summed E-state index contributed by atoms with van der Waals surface area (Å²) in [5.74, 6) is 1.53. The third kappa shape index (κ3) is 6.03. The molecule has 2 aromatic heterocycles. The summed E-state index contributed by atoms with van der Waals surface area (Å²) in [6, 6.07) is 7.16. The van der Waals surface area contributed by atoms with Gasteiger partial charge in [-0.25, -0.2) is 0 Å². The molecular weight excluding hydrogens is 588 g/mol. The number of halogens is 1. The van der Waals surface area contributed by atoms with E-state index in [1.165, 1.54) is 4.88 Å². The van der Waals surface area contributed by atoms with Gasteiger partial charge in [0.25, 0.3) is 0 Å². The minimum absolute atomic E-state index is 0.00702. The normalized spacial score (nSPS) is 17.5. The van der Waals surface area contributed by atoms with E-state index in [0.717, 1.165) is 33.2 Å². The quantitative estimate of drug-likeness (QED) is 0.341. The van der Waals surface area contributed by atoms with Crippen LogP contribution in [0.5, 0.6) is 0 Å². The molecule has 5 rings (SSSR count). The number of hydrogen-bond donors (Lipinski definition) is 1. The number of thiophene rings is 1. The second-order valence-electron chi connectivity index (χ2n) is 12.7. The van der Waals surface area contributed by atoms with Crippen molar-refractivity contribution in [2.45, 2.75) is 72.1 Å². The maximum absolute atomic E-state index is 13.7. The largest absolute Gasteiger partial charge is 0.339 e. The van der Waals surface area contributed by atoms with Gasteiger partial charge in [-0.2, -0.15) is 12.6 Å². The van der Waals surface area contributed by atoms with E-state index < -0.39 is 11.5 Å². The molecule has 1 atom stereocenters. The second kappa shape index (κ2) is 11.4. The van der Waals surface area contributed by atoms with Crippen molar-refractivity contribution in [3.63, 3.8) is 0 Å². The fourth-order valence-electron chi connectivity index (χ4n) is 6.17. The van der Waals surface area contributed by atoms with Gasteiger partial charge in [-0.3, -0.25) is 19.1 Å². The van der Waals surface area contributed by atoms with Crippen LogP contribution in [0.2, 0.25) is 5.02 Å². The Balaban J connectivity index is 1.41. The van der Waals surface area contributed by atoms with Crippen LogP contribution in [-0.4, -0.2) is 73.0 Å². The van der Waals surface area contributed by atoms with Crippen molar-refractivity contribution in [2.75, 3.05) is 26.2 Å². The van der Waals surface area contributed by atoms with Crippen molar-refractivity contribution in [1.82, 2.24) is 24.6 Å². The summed E-state index contributed by atoms with van der Waals surface area (Å²) in [5.41, 5.74) is 3.44. The summed E-state index contributed by atoms with van der Waals surface area (Å²) in [4.78, 5) is 37.2. The van der Waals surface area contributed by atoms with E-state index in [4.69, 9.17) is 16.6 Å². The first-order chi connectivity index (χ1) is 19.7. The van der Waals surface area contributed by atoms with Crippen molar-refractivity contribution >= 4 is 53.1 Å². The number of aryl methyl sites for hydroxylation is 2. The number of carbonyl (C=O) groups excluding carboxylic acids is 2. The van der Waals surface area contributed by atoms with Crippen molar-refractivity contribution in [3.05, 3.63) is 62.5 Å². The molecule has 8 nitrogen and oxygen atoms in total. The van der Waals surface area contributed by atoms with Crippen LogP contribution in [0, 0.1) is 26.2 Å². The van der Waals surface area contributed by atoms with Gasteiger partial charge in [0.2, 0.25) is 11.8 Å². The predicted molar refractivity (Wildman–Crippen MR) is 173 cm³/mol. The Morgan fingerprint density at radius 3 is 2.24 bits per heavy atom. The molecule has 0 radical (unpaired) electrons. The van der Waals surface area contributed by atoms with Crippen LogP contribution < -0.4 is 0 Å². The van der Waals surface area contributed by atoms with Gasteiger partial charge in [0.15, 0.2) is 5.82 Å². The lowest BCUT2D eigenvalue weighted by Crippen LogP contribution is -2.54. The first-order valence-electron chi connectivity index (χ1n) is 14.3. The van der Waals surface area contributed by atoms with Crippen molar-refractivity contribution in [2.24, 2.45) is 10.4 Å². The Morgan fingerprint density at radius 1 is 1.00 bits per heavy atom. The number of nitrogens with zero attached hydrogens (tertiary/aromatic N) is 6. The molecular formula is C31H39ClN6O2S2. The highest BCUT2D eigenvalue weighted by molar-refractivity contribution is 7.81. The summed E-state index contributed by atoms with van der Waals surface area (Å²) in [6.45, 7) is 16.2. The van der Waals surface area contributed by atoms with Gasteiger partial charge in [0, 0.05) is 57.4 Å². The van der Waals surface area contributed by atoms with Crippen molar-refractivity contribution in [3.8, 4) is 5.00 Å². The van der Waals surface area contributed by atoms with Crippen LogP contribution >= 0.6 is 35.6 Å². The molecule has 2 amide bonds. The van der Waals surface area contributed by atoms with Crippen LogP contribution in [0.25, 0.3) is 5.00 Å². The first-order valence-corrected chi connectivity index (χ1v) is 16.0. The maximum atomic E-state index is 13.7. The van der Waals surface area contributed by atoms with Crippen LogP contribution in [0.1, 0.15) is 79.8 Å². The van der Waals surface area contributed by atoms with Crippen molar-refractivity contribution < 1.29 is 9.59 Å². The predicted octanol–water partition coefficient (Wildman–Crippen LogP) is 5.99. The first kappa shape index (κ1) is 30.8. The topological polar surface area (TPSA) is 83.7 Å². The number of aliphatic imine (C=N–C) groups is 1. The average Bonchev–Trinajstić information content (AvgIpc) is 3.39. The van der Waals surface area contributed by atoms with E-state index in [-0.39, 0.29) is 23.0 Å². The molecule has 2 aliphatic heterocycles. The molecule has 1 fully saturated rings. The molecule has 4 heterocycles. The summed E-state index contributed by atoms with van der Waals surface area (Å²) in [6.07, 6.45) is 0.830. The van der Waals surface area contributed by atoms with Gasteiger partial charge in [0.05, 0.1) is 12.1 Å². The number of amides is 2. The molecule has 11 heteroatoms. The van der Waals surface area contributed by atoms with Crippen LogP contribution in [0.3, 0.4) is 0 Å². The van der Waals surface area contributed by atoms with Crippen LogP contribution in [-0.2, 0) is 9.59 Å². The van der Waals surface area contributed by atoms with Gasteiger partial charge in [-0.15, -0.1) is 21.5 Å². The number of piperazine rings is 1. The Kier molecular flexibility index (Phi) is 8.37. The summed E-state index contributed by atoms with van der Waals surface area (Å²) in [7, 11) is 0. The number of carbonyl (C=O) groups is 2. The van der Waals surface area contributed by atoms with Gasteiger partial charge in [0.1, 0.15) is 16.9 Å². The molecule has 42 heavy (non-hydrogen) atoms. The van der Waals surface area contributed by atoms with Gasteiger partial charge in [-0.1, -0.05) is 51.4 Å². The molecule has 3 aromatic rings. The van der Waals surface area contributed by atoms with E-state index >= 15 is 0 Å². The number of benzene rings is 1. The Hall–Kier alpha value is -2.69. The Morgan fingerprint density at radius 2 is 1.62 bits per heavy atom. The monoisotopic (exact) mass is 626 g/mol. The van der Waals surface area contributed by atoms with Gasteiger partial charge >= 0.3 is 0 Å². The number of aromatic nitrogens is 3. The summed E-state index contributed by atoms with van der Waals surface area (Å²) < 4.78 is 1.81. The lowest BCUT2D eigenvalue weighted by molar-refractivity contribution is -0.146. The van der Waals surface area contributed by atoms with Gasteiger partial charge in [-0.05, 0) is 44.9 Å². The zero-order valence-corrected chi connectivity index (χ0v) is 27.8. The molecule has 2 aliphatic rings. The summed E-state index contributed by atoms with van der Waals surface area (Å²) >= 11 is 12.6. The van der Waals surface area contributed by atoms with Gasteiger partial charge < -0.3 is 9.80 Å². The fraction of sp³-hybridized carbons (Fsp3) is 0.516. The smallest absolute Gasteiger partial charge is 0.228 e. The van der Waals surface area contributed by atoms with Crippen molar-refractivity contribution in [1.29, 1.82) is 0 Å². The number of thiol groups is 1. The minimum Gasteiger partial charge on any atom is -0.339 e. The number of fused-ring (bicyclic) bond motifs is 3. The third-order valence-electron chi connectivity index (χ3n) is 8.10. The highest BCUT2D eigenvalue weighted by atomic mass is 35.5.